The highest BCUT2D eigenvalue weighted by Gasteiger charge is 2.33. The molecule has 0 aliphatic carbocycles. The molecule has 3 aromatic carbocycles. The van der Waals surface area contributed by atoms with Gasteiger partial charge in [0.25, 0.3) is 0 Å². The van der Waals surface area contributed by atoms with Crippen molar-refractivity contribution in [2.75, 3.05) is 27.4 Å². The van der Waals surface area contributed by atoms with Gasteiger partial charge < -0.3 is 23.5 Å². The molecule has 37 heavy (non-hydrogen) atoms. The maximum absolute atomic E-state index is 13.5. The molecule has 0 bridgehead atoms. The number of carbonyl (C=O) groups is 1. The van der Waals surface area contributed by atoms with E-state index in [0.29, 0.717) is 41.2 Å². The van der Waals surface area contributed by atoms with E-state index in [9.17, 15) is 14.0 Å². The minimum atomic E-state index is -0.520. The Morgan fingerprint density at radius 1 is 1.00 bits per heavy atom. The summed E-state index contributed by atoms with van der Waals surface area (Å²) in [5.74, 6) is 1.07. The second kappa shape index (κ2) is 10.3. The van der Waals surface area contributed by atoms with Gasteiger partial charge in [-0.2, -0.15) is 0 Å². The number of halogens is 1. The van der Waals surface area contributed by atoms with Crippen LogP contribution in [0, 0.1) is 5.82 Å². The van der Waals surface area contributed by atoms with E-state index in [1.165, 1.54) is 18.2 Å². The van der Waals surface area contributed by atoms with Crippen molar-refractivity contribution < 1.29 is 27.8 Å². The number of hydrogen-bond acceptors (Lipinski definition) is 6. The lowest BCUT2D eigenvalue weighted by Gasteiger charge is -2.37. The molecule has 1 aliphatic rings. The molecule has 2 heterocycles. The highest BCUT2D eigenvalue weighted by Crippen LogP contribution is 2.39. The highest BCUT2D eigenvalue weighted by atomic mass is 19.1. The topological polar surface area (TPSA) is 78.2 Å². The monoisotopic (exact) mass is 503 g/mol. The summed E-state index contributed by atoms with van der Waals surface area (Å²) in [6, 6.07) is 17.7. The van der Waals surface area contributed by atoms with Gasteiger partial charge in [0, 0.05) is 6.54 Å². The Morgan fingerprint density at radius 2 is 1.73 bits per heavy atom. The predicted molar refractivity (Wildman–Crippen MR) is 136 cm³/mol. The Labute approximate surface area is 213 Å². The number of amides is 1. The number of methoxy groups -OCH3 is 2. The van der Waals surface area contributed by atoms with Crippen molar-refractivity contribution in [1.82, 2.24) is 4.90 Å². The largest absolute Gasteiger partial charge is 0.493 e. The molecule has 4 aromatic rings. The number of hydrogen-bond donors (Lipinski definition) is 0. The lowest BCUT2D eigenvalue weighted by atomic mass is 9.91. The first kappa shape index (κ1) is 24.4. The molecule has 1 unspecified atom stereocenters. The number of benzene rings is 3. The Hall–Kier alpha value is -4.33. The summed E-state index contributed by atoms with van der Waals surface area (Å²) in [6.45, 7) is 0.569. The van der Waals surface area contributed by atoms with Gasteiger partial charge in [-0.25, -0.2) is 9.18 Å². The van der Waals surface area contributed by atoms with E-state index in [-0.39, 0.29) is 24.8 Å². The summed E-state index contributed by atoms with van der Waals surface area (Å²) < 4.78 is 35.9. The van der Waals surface area contributed by atoms with Crippen molar-refractivity contribution >= 4 is 16.9 Å². The van der Waals surface area contributed by atoms with E-state index in [4.69, 9.17) is 18.6 Å². The van der Waals surface area contributed by atoms with Crippen molar-refractivity contribution in [3.05, 3.63) is 99.7 Å². The van der Waals surface area contributed by atoms with Crippen LogP contribution in [-0.2, 0) is 17.6 Å². The third kappa shape index (κ3) is 5.00. The molecule has 7 nitrogen and oxygen atoms in total. The van der Waals surface area contributed by atoms with Gasteiger partial charge in [0.1, 0.15) is 23.8 Å². The van der Waals surface area contributed by atoms with Gasteiger partial charge in [-0.15, -0.1) is 0 Å². The van der Waals surface area contributed by atoms with Crippen LogP contribution < -0.4 is 19.8 Å². The lowest BCUT2D eigenvalue weighted by Crippen LogP contribution is -2.43. The maximum atomic E-state index is 13.5. The molecule has 0 fully saturated rings. The average Bonchev–Trinajstić information content (AvgIpc) is 2.91. The van der Waals surface area contributed by atoms with Crippen LogP contribution in [0.3, 0.4) is 0 Å². The third-order valence-electron chi connectivity index (χ3n) is 6.60. The summed E-state index contributed by atoms with van der Waals surface area (Å²) >= 11 is 0. The molecule has 8 heteroatoms. The van der Waals surface area contributed by atoms with Crippen LogP contribution in [-0.4, -0.2) is 38.2 Å². The highest BCUT2D eigenvalue weighted by molar-refractivity contribution is 5.83. The number of fused-ring (bicyclic) bond motifs is 2. The molecular weight excluding hydrogens is 477 g/mol. The van der Waals surface area contributed by atoms with Gasteiger partial charge in [-0.3, -0.25) is 4.79 Å². The van der Waals surface area contributed by atoms with E-state index in [2.05, 4.69) is 0 Å². The van der Waals surface area contributed by atoms with Gasteiger partial charge >= 0.3 is 5.63 Å². The van der Waals surface area contributed by atoms with E-state index in [0.717, 1.165) is 16.7 Å². The zero-order chi connectivity index (χ0) is 25.9. The van der Waals surface area contributed by atoms with Gasteiger partial charge in [0.05, 0.1) is 38.1 Å². The summed E-state index contributed by atoms with van der Waals surface area (Å²) in [7, 11) is 3.14. The molecule has 0 N–H and O–H groups in total. The van der Waals surface area contributed by atoms with Crippen LogP contribution in [0.2, 0.25) is 0 Å². The predicted octanol–water partition coefficient (Wildman–Crippen LogP) is 4.70. The van der Waals surface area contributed by atoms with Gasteiger partial charge in [0.2, 0.25) is 5.91 Å². The first-order valence-corrected chi connectivity index (χ1v) is 11.9. The molecule has 0 saturated carbocycles. The molecule has 1 aliphatic heterocycles. The Morgan fingerprint density at radius 3 is 2.49 bits per heavy atom. The quantitative estimate of drug-likeness (QED) is 0.341. The first-order valence-electron chi connectivity index (χ1n) is 11.9. The number of para-hydroxylation sites is 1. The van der Waals surface area contributed by atoms with E-state index in [1.807, 2.05) is 24.3 Å². The summed E-state index contributed by atoms with van der Waals surface area (Å²) in [6.07, 6.45) is 0.746. The van der Waals surface area contributed by atoms with Crippen molar-refractivity contribution in [3.8, 4) is 17.2 Å². The maximum Gasteiger partial charge on any atom is 0.339 e. The van der Waals surface area contributed by atoms with Crippen LogP contribution in [0.15, 0.2) is 75.9 Å². The van der Waals surface area contributed by atoms with Crippen LogP contribution in [0.4, 0.5) is 4.39 Å². The van der Waals surface area contributed by atoms with Crippen LogP contribution >= 0.6 is 0 Å². The summed E-state index contributed by atoms with van der Waals surface area (Å²) in [4.78, 5) is 27.4. The third-order valence-corrected chi connectivity index (χ3v) is 6.60. The van der Waals surface area contributed by atoms with Crippen LogP contribution in [0.25, 0.3) is 11.0 Å². The summed E-state index contributed by atoms with van der Waals surface area (Å²) in [5, 5.41) is 0.662. The fourth-order valence-corrected chi connectivity index (χ4v) is 4.75. The van der Waals surface area contributed by atoms with E-state index >= 15 is 0 Å². The summed E-state index contributed by atoms with van der Waals surface area (Å²) in [5.41, 5.74) is 2.52. The Balaban J connectivity index is 1.50. The van der Waals surface area contributed by atoms with Crippen LogP contribution in [0.5, 0.6) is 17.2 Å². The van der Waals surface area contributed by atoms with Crippen molar-refractivity contribution in [2.45, 2.75) is 18.9 Å². The zero-order valence-electron chi connectivity index (χ0n) is 20.5. The normalized spacial score (nSPS) is 14.8. The number of carbonyl (C=O) groups excluding carboxylic acids is 1. The van der Waals surface area contributed by atoms with Gasteiger partial charge in [0.15, 0.2) is 11.5 Å². The van der Waals surface area contributed by atoms with Crippen molar-refractivity contribution in [2.24, 2.45) is 0 Å². The van der Waals surface area contributed by atoms with Crippen molar-refractivity contribution in [3.63, 3.8) is 0 Å². The van der Waals surface area contributed by atoms with Gasteiger partial charge in [-0.05, 0) is 59.5 Å². The van der Waals surface area contributed by atoms with Gasteiger partial charge in [-0.1, -0.05) is 24.3 Å². The average molecular weight is 504 g/mol. The molecule has 0 saturated heterocycles. The van der Waals surface area contributed by atoms with E-state index in [1.54, 1.807) is 43.4 Å². The molecule has 0 radical (unpaired) electrons. The standard InChI is InChI=1S/C29H26FNO6/c1-34-26-14-19-11-12-31(28(32)13-18-7-9-20(30)10-8-18)23(22(19)15-27(26)35-2)17-36-25-16-29(33)37-24-6-4-3-5-21(24)25/h3-10,14-16,23H,11-13,17H2,1-2H3. The fourth-order valence-electron chi connectivity index (χ4n) is 4.75. The molecule has 5 rings (SSSR count). The second-order valence-corrected chi connectivity index (χ2v) is 8.80. The Bertz CT molecular complexity index is 1500. The Kier molecular flexibility index (Phi) is 6.81. The number of ether oxygens (including phenoxy) is 3. The number of rotatable bonds is 7. The SMILES string of the molecule is COc1cc2c(cc1OC)C(COc1cc(=O)oc3ccccc13)N(C(=O)Cc1ccc(F)cc1)CC2. The molecule has 1 aromatic heterocycles. The molecule has 0 spiro atoms. The van der Waals surface area contributed by atoms with Crippen molar-refractivity contribution in [1.29, 1.82) is 0 Å². The van der Waals surface area contributed by atoms with E-state index < -0.39 is 11.7 Å². The molecule has 190 valence electrons. The smallest absolute Gasteiger partial charge is 0.339 e. The first-order chi connectivity index (χ1) is 18.0. The molecule has 1 amide bonds. The lowest BCUT2D eigenvalue weighted by molar-refractivity contribution is -0.134. The molecule has 1 atom stereocenters. The number of nitrogens with zero attached hydrogens (tertiary/aromatic N) is 1. The molecular formula is C29H26FNO6. The fraction of sp³-hybridized carbons (Fsp3) is 0.241. The minimum absolute atomic E-state index is 0.102. The zero-order valence-corrected chi connectivity index (χ0v) is 20.5. The van der Waals surface area contributed by atoms with Crippen LogP contribution in [0.1, 0.15) is 22.7 Å². The second-order valence-electron chi connectivity index (χ2n) is 8.80. The minimum Gasteiger partial charge on any atom is -0.493 e.